The molecular weight excluding hydrogens is 1680 g/mol. The number of aryl methyl sites for hydroxylation is 2. The maximum Gasteiger partial charge on any atom is 0.272 e. The van der Waals surface area contributed by atoms with Crippen molar-refractivity contribution in [1.29, 1.82) is 0 Å². The Hall–Kier alpha value is -15.0. The molecular formula is C95H74Cl4F2N18O7. The van der Waals surface area contributed by atoms with E-state index in [0.717, 1.165) is 28.1 Å². The van der Waals surface area contributed by atoms with Gasteiger partial charge in [0.05, 0.1) is 95.3 Å². The number of benzene rings is 8. The van der Waals surface area contributed by atoms with Crippen LogP contribution in [0, 0.1) is 25.5 Å². The van der Waals surface area contributed by atoms with Crippen LogP contribution in [-0.2, 0) is 0 Å². The summed E-state index contributed by atoms with van der Waals surface area (Å²) in [6.45, 7) is 15.0. The normalized spacial score (nSPS) is 12.1. The maximum atomic E-state index is 13.6. The summed E-state index contributed by atoms with van der Waals surface area (Å²) in [5.41, 5.74) is 8.13. The monoisotopic (exact) mass is 1760 g/mol. The second kappa shape index (κ2) is 37.4. The Morgan fingerprint density at radius 2 is 0.643 bits per heavy atom. The molecule has 628 valence electrons. The summed E-state index contributed by atoms with van der Waals surface area (Å²) in [5.74, 6) is -2.02. The lowest BCUT2D eigenvalue weighted by molar-refractivity contribution is 0.0923. The van der Waals surface area contributed by atoms with Gasteiger partial charge in [0.15, 0.2) is 11.3 Å². The second-order valence-electron chi connectivity index (χ2n) is 29.1. The van der Waals surface area contributed by atoms with Crippen molar-refractivity contribution in [2.24, 2.45) is 0 Å². The zero-order valence-corrected chi connectivity index (χ0v) is 71.0. The molecule has 18 rings (SSSR count). The van der Waals surface area contributed by atoms with Crippen molar-refractivity contribution in [2.45, 2.75) is 65.7 Å². The van der Waals surface area contributed by atoms with E-state index in [-0.39, 0.29) is 51.3 Å². The molecule has 0 aliphatic rings. The number of rotatable bonds is 17. The van der Waals surface area contributed by atoms with Crippen molar-refractivity contribution >= 4 is 124 Å². The minimum absolute atomic E-state index is 0.162. The molecule has 18 aromatic rings. The predicted molar refractivity (Wildman–Crippen MR) is 486 cm³/mol. The minimum Gasteiger partial charge on any atom is -0.376 e. The van der Waals surface area contributed by atoms with Crippen LogP contribution in [0.1, 0.15) is 123 Å². The highest BCUT2D eigenvalue weighted by molar-refractivity contribution is 6.37. The number of imidazole rings is 2. The van der Waals surface area contributed by atoms with E-state index in [2.05, 4.69) is 67.9 Å². The average Bonchev–Trinajstić information content (AvgIpc) is 1.24. The van der Waals surface area contributed by atoms with E-state index in [4.69, 9.17) is 46.4 Å². The fourth-order valence-electron chi connectivity index (χ4n) is 14.7. The van der Waals surface area contributed by atoms with Gasteiger partial charge in [0, 0.05) is 82.7 Å². The lowest BCUT2D eigenvalue weighted by Gasteiger charge is -2.22. The Morgan fingerprint density at radius 3 is 0.984 bits per heavy atom. The van der Waals surface area contributed by atoms with Crippen molar-refractivity contribution < 1.29 is 23.2 Å². The average molecular weight is 1760 g/mol. The van der Waals surface area contributed by atoms with Crippen LogP contribution in [0.15, 0.2) is 306 Å². The molecule has 126 heavy (non-hydrogen) atoms. The summed E-state index contributed by atoms with van der Waals surface area (Å²) >= 11 is 25.4. The predicted octanol–water partition coefficient (Wildman–Crippen LogP) is 17.9. The third kappa shape index (κ3) is 17.8. The van der Waals surface area contributed by atoms with Crippen LogP contribution in [0.4, 0.5) is 8.78 Å². The number of hydrogen-bond donors (Lipinski definition) is 4. The molecule has 0 bridgehead atoms. The number of fused-ring (bicyclic) bond motifs is 6. The number of pyridine rings is 4. The highest BCUT2D eigenvalue weighted by Crippen LogP contribution is 2.32. The standard InChI is InChI=1S/C25H20ClN5O.C24H17ClFN5O2.C23H18ClFN4O2.C23H19ClN4O2/c1-16(29-17(2)22-15-27-23-12-7-13-28-31(22)23)21-14-18-8-6-11-20(26)24(18)25(32)30(21)19-9-4-3-5-10-19;1-14(29-23(32)20-13-27-21-6-3-11-28-31(20)21)19-12-15-4-2-5-18(25)22(15)24(33)30(19)17-9-7-16(26)8-10-17;1-13(28-22(30)21-14(2)26-10-11-27-21)19-12-15-4-3-5-18(24)20(15)23(31)29(19)17-8-6-16(25)7-9-17;1-14(27-22(29)21-15(2)25-11-12-26-21)19-13-16-7-6-10-18(24)20(16)23(30)28(19)17-8-4-3-5-9-17/h3-16,29H,2H2,1H3;2-14H,1H3,(H,29,32);3-13H,1-2H3,(H,28,30);3-14H,1-2H3,(H,27,29)/t16-;14-;13-;14-/m0000/s1. The number of halogens is 6. The number of nitrogens with one attached hydrogen (secondary N) is 4. The highest BCUT2D eigenvalue weighted by atomic mass is 35.5. The van der Waals surface area contributed by atoms with E-state index in [1.165, 1.54) is 93.2 Å². The van der Waals surface area contributed by atoms with Crippen molar-refractivity contribution in [1.82, 2.24) is 88.7 Å². The van der Waals surface area contributed by atoms with Gasteiger partial charge in [0.1, 0.15) is 34.4 Å². The van der Waals surface area contributed by atoms with Crippen LogP contribution in [0.25, 0.3) is 82.8 Å². The summed E-state index contributed by atoms with van der Waals surface area (Å²) in [6, 6.07) is 63.9. The number of aromatic nitrogens is 14. The van der Waals surface area contributed by atoms with Gasteiger partial charge in [0.2, 0.25) is 0 Å². The first-order chi connectivity index (χ1) is 60.8. The Kier molecular flexibility index (Phi) is 25.5. The van der Waals surface area contributed by atoms with Crippen LogP contribution in [0.2, 0.25) is 20.1 Å². The van der Waals surface area contributed by atoms with Crippen LogP contribution in [-0.4, -0.2) is 85.1 Å². The largest absolute Gasteiger partial charge is 0.376 e. The maximum absolute atomic E-state index is 13.6. The van der Waals surface area contributed by atoms with Crippen LogP contribution >= 0.6 is 46.4 Å². The van der Waals surface area contributed by atoms with Gasteiger partial charge in [-0.05, 0) is 209 Å². The minimum atomic E-state index is -0.590. The lowest BCUT2D eigenvalue weighted by atomic mass is 10.1. The van der Waals surface area contributed by atoms with Crippen LogP contribution in [0.3, 0.4) is 0 Å². The molecule has 10 aromatic heterocycles. The zero-order chi connectivity index (χ0) is 88.7. The molecule has 0 unspecified atom stereocenters. The molecule has 10 heterocycles. The third-order valence-electron chi connectivity index (χ3n) is 20.8. The first kappa shape index (κ1) is 85.9. The van der Waals surface area contributed by atoms with Gasteiger partial charge < -0.3 is 21.3 Å². The van der Waals surface area contributed by atoms with E-state index in [1.54, 1.807) is 139 Å². The second-order valence-corrected chi connectivity index (χ2v) is 30.7. The number of carbonyl (C=O) groups excluding carboxylic acids is 3. The molecule has 0 fully saturated rings. The third-order valence-corrected chi connectivity index (χ3v) is 22.1. The highest BCUT2D eigenvalue weighted by Gasteiger charge is 2.27. The molecule has 0 saturated carbocycles. The van der Waals surface area contributed by atoms with E-state index in [0.29, 0.717) is 115 Å². The molecule has 0 spiro atoms. The molecule has 0 radical (unpaired) electrons. The van der Waals surface area contributed by atoms with Gasteiger partial charge in [-0.1, -0.05) is 138 Å². The summed E-state index contributed by atoms with van der Waals surface area (Å²) in [4.78, 5) is 117. The molecule has 0 saturated heterocycles. The topological polar surface area (TPSA) is 299 Å². The summed E-state index contributed by atoms with van der Waals surface area (Å²) < 4.78 is 36.4. The van der Waals surface area contributed by atoms with Gasteiger partial charge >= 0.3 is 0 Å². The van der Waals surface area contributed by atoms with Gasteiger partial charge in [0.25, 0.3) is 40.0 Å². The smallest absolute Gasteiger partial charge is 0.272 e. The van der Waals surface area contributed by atoms with Crippen LogP contribution in [0.5, 0.6) is 0 Å². The van der Waals surface area contributed by atoms with Crippen molar-refractivity contribution in [3.63, 3.8) is 0 Å². The Labute approximate surface area is 736 Å². The molecule has 4 N–H and O–H groups in total. The van der Waals surface area contributed by atoms with E-state index >= 15 is 0 Å². The Morgan fingerprint density at radius 1 is 0.341 bits per heavy atom. The molecule has 0 aliphatic carbocycles. The fourth-order valence-corrected chi connectivity index (χ4v) is 15.8. The molecule has 8 aromatic carbocycles. The van der Waals surface area contributed by atoms with Crippen LogP contribution < -0.4 is 43.5 Å². The van der Waals surface area contributed by atoms with Gasteiger partial charge in [-0.3, -0.25) is 61.8 Å². The lowest BCUT2D eigenvalue weighted by Crippen LogP contribution is -2.33. The SMILES string of the molecule is C=C(N[C@@H](C)c1cc2cccc(Cl)c2c(=O)n1-c1ccccc1)c1cnc2cccnn12.C[C@H](NC(=O)c1cnc2cccnn12)c1cc2cccc(Cl)c2c(=O)n1-c1ccc(F)cc1.Cc1nccnc1C(=O)N[C@@H](C)c1cc2cccc(Cl)c2c(=O)n1-c1ccc(F)cc1.Cc1nccnc1C(=O)N[C@@H](C)c1cc2cccc(Cl)c2c(=O)n1-c1ccccc1. The molecule has 4 atom stereocenters. The fraction of sp³-hybridized carbons (Fsp3) is 0.105. The number of hydrogen-bond acceptors (Lipinski definition) is 16. The number of para-hydroxylation sites is 2. The molecule has 31 heteroatoms. The summed E-state index contributed by atoms with van der Waals surface area (Å²) in [7, 11) is 0. The number of carbonyl (C=O) groups is 3. The van der Waals surface area contributed by atoms with E-state index in [1.807, 2.05) is 117 Å². The Bertz CT molecular complexity index is 7520. The van der Waals surface area contributed by atoms with Crippen molar-refractivity contribution in [3.05, 3.63) is 417 Å². The van der Waals surface area contributed by atoms with Crippen molar-refractivity contribution in [2.75, 3.05) is 0 Å². The summed E-state index contributed by atoms with van der Waals surface area (Å²) in [6.07, 6.45) is 12.4. The quantitative estimate of drug-likeness (QED) is 0.0658. The first-order valence-corrected chi connectivity index (χ1v) is 40.8. The first-order valence-electron chi connectivity index (χ1n) is 39.3. The Balaban J connectivity index is 0.000000130. The van der Waals surface area contributed by atoms with Gasteiger partial charge in [-0.2, -0.15) is 10.2 Å². The van der Waals surface area contributed by atoms with Gasteiger partial charge in [-0.15, -0.1) is 0 Å². The number of amides is 3. The molecule has 0 aliphatic heterocycles. The van der Waals surface area contributed by atoms with Gasteiger partial charge in [-0.25, -0.2) is 37.7 Å². The number of nitrogens with zero attached hydrogens (tertiary/aromatic N) is 14. The molecule has 25 nitrogen and oxygen atoms in total. The van der Waals surface area contributed by atoms with Crippen molar-refractivity contribution in [3.8, 4) is 22.7 Å². The molecule has 3 amide bonds. The zero-order valence-electron chi connectivity index (χ0n) is 68.0. The van der Waals surface area contributed by atoms with E-state index < -0.39 is 41.6 Å². The van der Waals surface area contributed by atoms with E-state index in [9.17, 15) is 42.3 Å². The summed E-state index contributed by atoms with van der Waals surface area (Å²) in [5, 5.41) is 26.5.